The number of nitrogens with one attached hydrogen (secondary N) is 1. The van der Waals surface area contributed by atoms with E-state index < -0.39 is 21.3 Å². The van der Waals surface area contributed by atoms with E-state index in [1.54, 1.807) is 25.3 Å². The van der Waals surface area contributed by atoms with E-state index in [-0.39, 0.29) is 11.0 Å². The van der Waals surface area contributed by atoms with Crippen molar-refractivity contribution in [2.45, 2.75) is 69.0 Å². The number of anilines is 1. The lowest BCUT2D eigenvalue weighted by Crippen LogP contribution is -2.53. The molecule has 1 N–H and O–H groups in total. The van der Waals surface area contributed by atoms with Gasteiger partial charge in [-0.3, -0.25) is 4.79 Å². The Kier molecular flexibility index (Phi) is 9.30. The normalized spacial score (nSPS) is 28.0. The molecule has 1 amide bonds. The second kappa shape index (κ2) is 13.0. The molecule has 0 radical (unpaired) electrons. The molecule has 3 atom stereocenters. The Hall–Kier alpha value is -2.59. The molecule has 2 aliphatic heterocycles. The minimum Gasteiger partial charge on any atom is -0.487 e. The van der Waals surface area contributed by atoms with Gasteiger partial charge < -0.3 is 19.3 Å². The van der Waals surface area contributed by atoms with Crippen LogP contribution in [0.2, 0.25) is 5.02 Å². The number of hydrogen-bond donors (Lipinski definition) is 1. The van der Waals surface area contributed by atoms with Crippen molar-refractivity contribution in [2.24, 2.45) is 17.3 Å². The zero-order chi connectivity index (χ0) is 30.9. The third-order valence-electron chi connectivity index (χ3n) is 10.2. The van der Waals surface area contributed by atoms with Crippen molar-refractivity contribution in [3.05, 3.63) is 64.7 Å². The van der Waals surface area contributed by atoms with Gasteiger partial charge in [0.15, 0.2) is 0 Å². The molecule has 44 heavy (non-hydrogen) atoms. The number of methoxy groups -OCH3 is 1. The lowest BCUT2D eigenvalue weighted by atomic mass is 9.68. The second-order valence-corrected chi connectivity index (χ2v) is 15.2. The van der Waals surface area contributed by atoms with E-state index in [4.69, 9.17) is 21.1 Å². The number of carbonyl (C=O) groups is 1. The molecule has 0 saturated heterocycles. The Morgan fingerprint density at radius 2 is 1.91 bits per heavy atom. The van der Waals surface area contributed by atoms with Gasteiger partial charge in [-0.1, -0.05) is 36.2 Å². The molecule has 0 aromatic heterocycles. The summed E-state index contributed by atoms with van der Waals surface area (Å²) in [6.45, 7) is 3.05. The van der Waals surface area contributed by atoms with Crippen LogP contribution in [0.1, 0.15) is 56.1 Å². The summed E-state index contributed by atoms with van der Waals surface area (Å²) < 4.78 is 42.4. The van der Waals surface area contributed by atoms with E-state index in [9.17, 15) is 13.2 Å². The van der Waals surface area contributed by atoms with Crippen LogP contribution in [0.5, 0.6) is 5.75 Å². The summed E-state index contributed by atoms with van der Waals surface area (Å²) in [5, 5.41) is 0.713. The van der Waals surface area contributed by atoms with Crippen LogP contribution in [-0.2, 0) is 32.6 Å². The Morgan fingerprint density at radius 3 is 2.64 bits per heavy atom. The lowest BCUT2D eigenvalue weighted by Gasteiger charge is -2.43. The first-order valence-corrected chi connectivity index (χ1v) is 17.8. The Morgan fingerprint density at radius 1 is 1.07 bits per heavy atom. The first-order chi connectivity index (χ1) is 21.2. The fourth-order valence-electron chi connectivity index (χ4n) is 7.32. The van der Waals surface area contributed by atoms with Crippen molar-refractivity contribution < 1.29 is 22.7 Å². The van der Waals surface area contributed by atoms with Crippen molar-refractivity contribution in [1.82, 2.24) is 9.62 Å². The molecule has 2 aromatic carbocycles. The minimum absolute atomic E-state index is 0.00408. The molecule has 2 heterocycles. The van der Waals surface area contributed by atoms with Gasteiger partial charge in [-0.05, 0) is 105 Å². The number of nitrogens with zero attached hydrogens (tertiary/aromatic N) is 2. The molecule has 1 spiro atoms. The molecule has 0 unspecified atom stereocenters. The van der Waals surface area contributed by atoms with E-state index in [1.807, 2.05) is 25.2 Å². The summed E-state index contributed by atoms with van der Waals surface area (Å²) in [6.07, 6.45) is 11.5. The SMILES string of the molecule is CO[C@@H]1/C=C/CN(C)CC2(CCC2)C(=O)NS(=O)(=O)c2ccc3c(c2)N(CCCCc2cc(Cl)ccc2CO3)C[C@@H]2CC[C@H]21. The molecule has 6 rings (SSSR count). The van der Waals surface area contributed by atoms with Crippen molar-refractivity contribution in [3.8, 4) is 5.75 Å². The highest BCUT2D eigenvalue weighted by Gasteiger charge is 2.46. The van der Waals surface area contributed by atoms with Gasteiger partial charge in [0.05, 0.1) is 22.1 Å². The standard InChI is InChI=1S/C34H44ClN3O5S/c1-37-17-5-8-31(42-2)29-13-10-25(29)21-38-18-4-3-7-24-19-27(35)11-9-26(24)22-43-32-14-12-28(20-30(32)38)44(40,41)36-33(39)34(23-37)15-6-16-34/h5,8-9,11-12,14,19-20,25,29,31H,3-4,6-7,10,13,15-18,21-23H2,1-2H3,(H,36,39)/b8-5+/t25-,29+,31+/m0/s1. The smallest absolute Gasteiger partial charge is 0.264 e. The summed E-state index contributed by atoms with van der Waals surface area (Å²) in [5.41, 5.74) is 2.29. The average molecular weight is 642 g/mol. The highest BCUT2D eigenvalue weighted by atomic mass is 35.5. The minimum atomic E-state index is -4.10. The van der Waals surface area contributed by atoms with E-state index in [0.29, 0.717) is 55.1 Å². The summed E-state index contributed by atoms with van der Waals surface area (Å²) in [7, 11) is -0.337. The van der Waals surface area contributed by atoms with Crippen LogP contribution in [0.15, 0.2) is 53.4 Å². The van der Waals surface area contributed by atoms with E-state index in [2.05, 4.69) is 26.7 Å². The maximum atomic E-state index is 13.7. The number of amides is 1. The second-order valence-electron chi connectivity index (χ2n) is 13.1. The number of hydrogen-bond acceptors (Lipinski definition) is 7. The fourth-order valence-corrected chi connectivity index (χ4v) is 8.61. The molecule has 4 aliphatic rings. The third-order valence-corrected chi connectivity index (χ3v) is 11.8. The molecule has 238 valence electrons. The number of carbonyl (C=O) groups excluding carboxylic acids is 1. The zero-order valence-electron chi connectivity index (χ0n) is 25.8. The Bertz CT molecular complexity index is 1510. The number of benzene rings is 2. The van der Waals surface area contributed by atoms with E-state index >= 15 is 0 Å². The number of sulfonamides is 1. The number of rotatable bonds is 1. The van der Waals surface area contributed by atoms with Gasteiger partial charge in [-0.15, -0.1) is 0 Å². The average Bonchev–Trinajstić information content (AvgIpc) is 2.99. The fraction of sp³-hybridized carbons (Fsp3) is 0.559. The molecule has 2 aromatic rings. The van der Waals surface area contributed by atoms with Crippen LogP contribution < -0.4 is 14.4 Å². The first-order valence-electron chi connectivity index (χ1n) is 15.9. The van der Waals surface area contributed by atoms with Crippen LogP contribution in [0, 0.1) is 17.3 Å². The van der Waals surface area contributed by atoms with Crippen molar-refractivity contribution in [2.75, 3.05) is 45.2 Å². The van der Waals surface area contributed by atoms with Crippen LogP contribution in [-0.4, -0.2) is 65.7 Å². The number of ether oxygens (including phenoxy) is 2. The number of halogens is 1. The molecular weight excluding hydrogens is 598 g/mol. The highest BCUT2D eigenvalue weighted by Crippen LogP contribution is 2.44. The van der Waals surface area contributed by atoms with Gasteiger partial charge in [0.1, 0.15) is 12.4 Å². The van der Waals surface area contributed by atoms with Crippen molar-refractivity contribution >= 4 is 33.2 Å². The van der Waals surface area contributed by atoms with Crippen molar-refractivity contribution in [3.63, 3.8) is 0 Å². The Labute approximate surface area is 266 Å². The van der Waals surface area contributed by atoms with Crippen LogP contribution in [0.3, 0.4) is 0 Å². The van der Waals surface area contributed by atoms with Gasteiger partial charge in [0.25, 0.3) is 10.0 Å². The number of aryl methyl sites for hydroxylation is 1. The van der Waals surface area contributed by atoms with Crippen LogP contribution in [0.4, 0.5) is 5.69 Å². The Balaban J connectivity index is 1.40. The summed E-state index contributed by atoms with van der Waals surface area (Å²) >= 11 is 6.34. The zero-order valence-corrected chi connectivity index (χ0v) is 27.3. The highest BCUT2D eigenvalue weighted by molar-refractivity contribution is 7.90. The first kappa shape index (κ1) is 31.4. The molecule has 2 fully saturated rings. The van der Waals surface area contributed by atoms with Crippen LogP contribution >= 0.6 is 11.6 Å². The monoisotopic (exact) mass is 641 g/mol. The quantitative estimate of drug-likeness (QED) is 0.407. The predicted molar refractivity (Wildman–Crippen MR) is 173 cm³/mol. The lowest BCUT2D eigenvalue weighted by molar-refractivity contribution is -0.135. The third kappa shape index (κ3) is 6.52. The molecule has 2 saturated carbocycles. The molecular formula is C34H44ClN3O5S. The molecule has 2 bridgehead atoms. The molecule has 2 aliphatic carbocycles. The van der Waals surface area contributed by atoms with Crippen LogP contribution in [0.25, 0.3) is 0 Å². The number of likely N-dealkylation sites (N-methyl/N-ethyl adjacent to an activating group) is 1. The summed E-state index contributed by atoms with van der Waals surface area (Å²) in [4.78, 5) is 18.1. The topological polar surface area (TPSA) is 88.2 Å². The largest absolute Gasteiger partial charge is 0.487 e. The predicted octanol–water partition coefficient (Wildman–Crippen LogP) is 5.58. The van der Waals surface area contributed by atoms with Gasteiger partial charge in [-0.25, -0.2) is 13.1 Å². The molecule has 10 heteroatoms. The number of fused-ring (bicyclic) bond motifs is 3. The maximum Gasteiger partial charge on any atom is 0.264 e. The van der Waals surface area contributed by atoms with E-state index in [0.717, 1.165) is 62.9 Å². The van der Waals surface area contributed by atoms with Gasteiger partial charge >= 0.3 is 0 Å². The van der Waals surface area contributed by atoms with Gasteiger partial charge in [-0.2, -0.15) is 0 Å². The maximum absolute atomic E-state index is 13.7. The summed E-state index contributed by atoms with van der Waals surface area (Å²) in [6, 6.07) is 10.9. The van der Waals surface area contributed by atoms with E-state index in [1.165, 1.54) is 5.56 Å². The van der Waals surface area contributed by atoms with Gasteiger partial charge in [0, 0.05) is 38.3 Å². The molecule has 8 nitrogen and oxygen atoms in total. The van der Waals surface area contributed by atoms with Crippen molar-refractivity contribution in [1.29, 1.82) is 0 Å². The summed E-state index contributed by atoms with van der Waals surface area (Å²) in [5.74, 6) is 0.980. The van der Waals surface area contributed by atoms with Gasteiger partial charge in [0.2, 0.25) is 5.91 Å².